The van der Waals surface area contributed by atoms with Gasteiger partial charge in [-0.2, -0.15) is 0 Å². The van der Waals surface area contributed by atoms with Crippen LogP contribution in [0.1, 0.15) is 18.3 Å². The summed E-state index contributed by atoms with van der Waals surface area (Å²) < 4.78 is 8.18. The summed E-state index contributed by atoms with van der Waals surface area (Å²) in [5, 5.41) is 4.68. The third-order valence-electron chi connectivity index (χ3n) is 4.30. The van der Waals surface area contributed by atoms with E-state index in [4.69, 9.17) is 9.72 Å². The summed E-state index contributed by atoms with van der Waals surface area (Å²) >= 11 is 3.44. The van der Waals surface area contributed by atoms with Crippen molar-refractivity contribution in [2.24, 2.45) is 0 Å². The molecular weight excluding hydrogens is 442 g/mol. The van der Waals surface area contributed by atoms with Crippen LogP contribution in [0.3, 0.4) is 0 Å². The van der Waals surface area contributed by atoms with Gasteiger partial charge in [-0.05, 0) is 48.0 Å². The number of esters is 1. The third kappa shape index (κ3) is 4.55. The lowest BCUT2D eigenvalue weighted by atomic mass is 10.2. The van der Waals surface area contributed by atoms with Crippen molar-refractivity contribution in [1.82, 2.24) is 14.8 Å². The molecule has 0 amide bonds. The SMILES string of the molecule is CC(=O)Oc1ccccc1-c1nc(/C=C/c2ccc(Br)cc2)nn1-c1ccccc1. The van der Waals surface area contributed by atoms with Gasteiger partial charge in [0, 0.05) is 11.4 Å². The number of nitrogens with zero attached hydrogens (tertiary/aromatic N) is 3. The Morgan fingerprint density at radius 3 is 2.37 bits per heavy atom. The highest BCUT2D eigenvalue weighted by molar-refractivity contribution is 9.10. The van der Waals surface area contributed by atoms with Gasteiger partial charge in [-0.15, -0.1) is 5.10 Å². The molecule has 0 radical (unpaired) electrons. The van der Waals surface area contributed by atoms with Crippen molar-refractivity contribution in [2.75, 3.05) is 0 Å². The molecule has 0 saturated heterocycles. The van der Waals surface area contributed by atoms with Gasteiger partial charge in [0.25, 0.3) is 0 Å². The predicted octanol–water partition coefficient (Wildman–Crippen LogP) is 5.79. The number of hydrogen-bond acceptors (Lipinski definition) is 4. The van der Waals surface area contributed by atoms with E-state index in [-0.39, 0.29) is 5.97 Å². The van der Waals surface area contributed by atoms with Gasteiger partial charge in [0.15, 0.2) is 11.6 Å². The Balaban J connectivity index is 1.80. The molecule has 6 heteroatoms. The molecular formula is C24H18BrN3O2. The fourth-order valence-corrected chi connectivity index (χ4v) is 3.23. The molecule has 4 aromatic rings. The minimum Gasteiger partial charge on any atom is -0.426 e. The van der Waals surface area contributed by atoms with E-state index in [1.165, 1.54) is 6.92 Å². The number of hydrogen-bond donors (Lipinski definition) is 0. The predicted molar refractivity (Wildman–Crippen MR) is 121 cm³/mol. The standard InChI is InChI=1S/C24H18BrN3O2/c1-17(29)30-22-10-6-5-9-21(22)24-26-23(16-13-18-11-14-19(25)15-12-18)27-28(24)20-7-3-2-4-8-20/h2-16H,1H3/b16-13+. The quantitative estimate of drug-likeness (QED) is 0.279. The van der Waals surface area contributed by atoms with E-state index in [2.05, 4.69) is 21.0 Å². The number of carbonyl (C=O) groups excluding carboxylic acids is 1. The van der Waals surface area contributed by atoms with E-state index in [1.54, 1.807) is 10.7 Å². The van der Waals surface area contributed by atoms with Crippen molar-refractivity contribution in [3.05, 3.63) is 94.7 Å². The van der Waals surface area contributed by atoms with Gasteiger partial charge in [0.05, 0.1) is 11.3 Å². The van der Waals surface area contributed by atoms with E-state index in [0.717, 1.165) is 15.7 Å². The molecule has 1 aromatic heterocycles. The molecule has 4 rings (SSSR count). The molecule has 0 unspecified atom stereocenters. The van der Waals surface area contributed by atoms with Crippen molar-refractivity contribution in [3.8, 4) is 22.8 Å². The zero-order valence-electron chi connectivity index (χ0n) is 16.2. The molecule has 0 atom stereocenters. The van der Waals surface area contributed by atoms with Crippen LogP contribution in [-0.2, 0) is 4.79 Å². The fourth-order valence-electron chi connectivity index (χ4n) is 2.96. The van der Waals surface area contributed by atoms with E-state index in [1.807, 2.05) is 84.9 Å². The number of para-hydroxylation sites is 2. The third-order valence-corrected chi connectivity index (χ3v) is 4.83. The molecule has 0 aliphatic heterocycles. The van der Waals surface area contributed by atoms with Gasteiger partial charge >= 0.3 is 5.97 Å². The lowest BCUT2D eigenvalue weighted by Crippen LogP contribution is -2.05. The first kappa shape index (κ1) is 19.8. The first-order valence-corrected chi connectivity index (χ1v) is 10.1. The zero-order valence-corrected chi connectivity index (χ0v) is 17.8. The van der Waals surface area contributed by atoms with Crippen molar-refractivity contribution >= 4 is 34.1 Å². The summed E-state index contributed by atoms with van der Waals surface area (Å²) in [7, 11) is 0. The molecule has 0 saturated carbocycles. The topological polar surface area (TPSA) is 57.0 Å². The monoisotopic (exact) mass is 459 g/mol. The Hall–Kier alpha value is -3.51. The number of rotatable bonds is 5. The first-order valence-electron chi connectivity index (χ1n) is 9.34. The second kappa shape index (κ2) is 8.88. The average Bonchev–Trinajstić information content (AvgIpc) is 3.18. The molecule has 0 aliphatic rings. The number of ether oxygens (including phenoxy) is 1. The fraction of sp³-hybridized carbons (Fsp3) is 0.0417. The minimum atomic E-state index is -0.386. The van der Waals surface area contributed by atoms with Gasteiger partial charge < -0.3 is 4.74 Å². The summed E-state index contributed by atoms with van der Waals surface area (Å²) in [5.41, 5.74) is 2.59. The van der Waals surface area contributed by atoms with Crippen LogP contribution in [0.2, 0.25) is 0 Å². The maximum absolute atomic E-state index is 11.6. The van der Waals surface area contributed by atoms with E-state index in [0.29, 0.717) is 23.0 Å². The molecule has 0 spiro atoms. The molecule has 5 nitrogen and oxygen atoms in total. The minimum absolute atomic E-state index is 0.386. The van der Waals surface area contributed by atoms with Crippen LogP contribution in [0.4, 0.5) is 0 Å². The van der Waals surface area contributed by atoms with E-state index < -0.39 is 0 Å². The highest BCUT2D eigenvalue weighted by Gasteiger charge is 2.17. The number of carbonyl (C=O) groups is 1. The molecule has 0 N–H and O–H groups in total. The van der Waals surface area contributed by atoms with Gasteiger partial charge in [-0.3, -0.25) is 4.79 Å². The highest BCUT2D eigenvalue weighted by Crippen LogP contribution is 2.30. The number of benzene rings is 3. The van der Waals surface area contributed by atoms with Crippen molar-refractivity contribution < 1.29 is 9.53 Å². The molecule has 0 bridgehead atoms. The van der Waals surface area contributed by atoms with Crippen LogP contribution >= 0.6 is 15.9 Å². The van der Waals surface area contributed by atoms with Crippen molar-refractivity contribution in [2.45, 2.75) is 6.92 Å². The van der Waals surface area contributed by atoms with Gasteiger partial charge in [-0.1, -0.05) is 64.5 Å². The molecule has 30 heavy (non-hydrogen) atoms. The Kier molecular flexibility index (Phi) is 5.86. The van der Waals surface area contributed by atoms with Gasteiger partial charge in [0.2, 0.25) is 0 Å². The number of halogens is 1. The molecule has 148 valence electrons. The Morgan fingerprint density at radius 1 is 0.933 bits per heavy atom. The molecule has 3 aromatic carbocycles. The molecule has 0 aliphatic carbocycles. The van der Waals surface area contributed by atoms with E-state index >= 15 is 0 Å². The Bertz CT molecular complexity index is 1200. The van der Waals surface area contributed by atoms with Crippen molar-refractivity contribution in [1.29, 1.82) is 0 Å². The summed E-state index contributed by atoms with van der Waals surface area (Å²) in [6.45, 7) is 1.38. The highest BCUT2D eigenvalue weighted by atomic mass is 79.9. The van der Waals surface area contributed by atoms with Crippen LogP contribution in [0.15, 0.2) is 83.3 Å². The van der Waals surface area contributed by atoms with Crippen LogP contribution in [0, 0.1) is 0 Å². The average molecular weight is 460 g/mol. The van der Waals surface area contributed by atoms with Crippen LogP contribution in [0.25, 0.3) is 29.2 Å². The maximum Gasteiger partial charge on any atom is 0.308 e. The number of aromatic nitrogens is 3. The van der Waals surface area contributed by atoms with Gasteiger partial charge in [0.1, 0.15) is 5.75 Å². The smallest absolute Gasteiger partial charge is 0.308 e. The van der Waals surface area contributed by atoms with Crippen LogP contribution < -0.4 is 4.74 Å². The summed E-state index contributed by atoms with van der Waals surface area (Å²) in [6, 6.07) is 25.0. The largest absolute Gasteiger partial charge is 0.426 e. The van der Waals surface area contributed by atoms with Gasteiger partial charge in [-0.25, -0.2) is 9.67 Å². The van der Waals surface area contributed by atoms with Crippen molar-refractivity contribution in [3.63, 3.8) is 0 Å². The second-order valence-corrected chi connectivity index (χ2v) is 7.43. The summed E-state index contributed by atoms with van der Waals surface area (Å²) in [5.74, 6) is 1.20. The van der Waals surface area contributed by atoms with Crippen LogP contribution in [0.5, 0.6) is 5.75 Å². The first-order chi connectivity index (χ1) is 14.6. The Labute approximate surface area is 182 Å². The van der Waals surface area contributed by atoms with Crippen LogP contribution in [-0.4, -0.2) is 20.7 Å². The van der Waals surface area contributed by atoms with E-state index in [9.17, 15) is 4.79 Å². The lowest BCUT2D eigenvalue weighted by Gasteiger charge is -2.09. The maximum atomic E-state index is 11.6. The second-order valence-electron chi connectivity index (χ2n) is 6.52. The molecule has 0 fully saturated rings. The molecule has 1 heterocycles. The normalized spacial score (nSPS) is 11.0. The zero-order chi connectivity index (χ0) is 20.9. The summed E-state index contributed by atoms with van der Waals surface area (Å²) in [4.78, 5) is 16.3. The Morgan fingerprint density at radius 2 is 1.63 bits per heavy atom. The lowest BCUT2D eigenvalue weighted by molar-refractivity contribution is -0.131. The summed E-state index contributed by atoms with van der Waals surface area (Å²) in [6.07, 6.45) is 3.82.